The SMILES string of the molecule is CCOCc1ccc(-c2ccc(OCc3ccc(C)c(F)c3F)cc2)c(F)c1. The molecule has 0 saturated carbocycles. The van der Waals surface area contributed by atoms with Crippen molar-refractivity contribution in [3.63, 3.8) is 0 Å². The van der Waals surface area contributed by atoms with Crippen LogP contribution in [0.3, 0.4) is 0 Å². The lowest BCUT2D eigenvalue weighted by Crippen LogP contribution is -2.02. The van der Waals surface area contributed by atoms with Crippen LogP contribution in [0.25, 0.3) is 11.1 Å². The fourth-order valence-corrected chi connectivity index (χ4v) is 2.79. The monoisotopic (exact) mass is 386 g/mol. The molecule has 2 nitrogen and oxygen atoms in total. The Hall–Kier alpha value is -2.79. The first-order chi connectivity index (χ1) is 13.5. The van der Waals surface area contributed by atoms with Crippen LogP contribution in [0, 0.1) is 24.4 Å². The van der Waals surface area contributed by atoms with Gasteiger partial charge in [-0.1, -0.05) is 36.4 Å². The summed E-state index contributed by atoms with van der Waals surface area (Å²) >= 11 is 0. The number of hydrogen-bond donors (Lipinski definition) is 0. The molecular weight excluding hydrogens is 365 g/mol. The Balaban J connectivity index is 1.69. The third kappa shape index (κ3) is 4.54. The molecule has 0 atom stereocenters. The van der Waals surface area contributed by atoms with E-state index in [4.69, 9.17) is 9.47 Å². The third-order valence-corrected chi connectivity index (χ3v) is 4.42. The summed E-state index contributed by atoms with van der Waals surface area (Å²) in [5.41, 5.74) is 2.33. The standard InChI is InChI=1S/C23H21F3O2/c1-3-27-13-16-5-11-20(21(24)12-16)17-7-9-19(10-8-17)28-14-18-6-4-15(2)22(25)23(18)26/h4-12H,3,13-14H2,1-2H3. The van der Waals surface area contributed by atoms with Crippen molar-refractivity contribution in [2.45, 2.75) is 27.1 Å². The maximum absolute atomic E-state index is 14.4. The molecule has 0 unspecified atom stereocenters. The summed E-state index contributed by atoms with van der Waals surface area (Å²) in [7, 11) is 0. The van der Waals surface area contributed by atoms with Gasteiger partial charge in [0.25, 0.3) is 0 Å². The lowest BCUT2D eigenvalue weighted by Gasteiger charge is -2.10. The molecule has 0 bridgehead atoms. The van der Waals surface area contributed by atoms with E-state index < -0.39 is 11.6 Å². The van der Waals surface area contributed by atoms with Gasteiger partial charge in [-0.3, -0.25) is 0 Å². The summed E-state index contributed by atoms with van der Waals surface area (Å²) < 4.78 is 52.7. The number of benzene rings is 3. The van der Waals surface area contributed by atoms with Crippen LogP contribution in [0.1, 0.15) is 23.6 Å². The zero-order valence-corrected chi connectivity index (χ0v) is 15.8. The van der Waals surface area contributed by atoms with E-state index in [0.717, 1.165) is 5.56 Å². The number of hydrogen-bond acceptors (Lipinski definition) is 2. The van der Waals surface area contributed by atoms with Crippen LogP contribution >= 0.6 is 0 Å². The second kappa shape index (κ2) is 8.93. The van der Waals surface area contributed by atoms with Gasteiger partial charge < -0.3 is 9.47 Å². The van der Waals surface area contributed by atoms with E-state index in [-0.39, 0.29) is 23.6 Å². The maximum Gasteiger partial charge on any atom is 0.165 e. The fourth-order valence-electron chi connectivity index (χ4n) is 2.79. The Morgan fingerprint density at radius 3 is 2.25 bits per heavy atom. The minimum atomic E-state index is -0.897. The molecule has 0 heterocycles. The highest BCUT2D eigenvalue weighted by molar-refractivity contribution is 5.65. The van der Waals surface area contributed by atoms with Crippen molar-refractivity contribution in [1.82, 2.24) is 0 Å². The highest BCUT2D eigenvalue weighted by atomic mass is 19.2. The van der Waals surface area contributed by atoms with Gasteiger partial charge in [0.15, 0.2) is 11.6 Å². The Morgan fingerprint density at radius 1 is 0.821 bits per heavy atom. The van der Waals surface area contributed by atoms with Crippen LogP contribution in [0.2, 0.25) is 0 Å². The van der Waals surface area contributed by atoms with Gasteiger partial charge in [-0.05, 0) is 48.7 Å². The number of aryl methyl sites for hydroxylation is 1. The number of ether oxygens (including phenoxy) is 2. The molecule has 0 aromatic heterocycles. The lowest BCUT2D eigenvalue weighted by atomic mass is 10.0. The van der Waals surface area contributed by atoms with Gasteiger partial charge in [-0.2, -0.15) is 0 Å². The van der Waals surface area contributed by atoms with E-state index >= 15 is 0 Å². The van der Waals surface area contributed by atoms with Crippen molar-refractivity contribution in [1.29, 1.82) is 0 Å². The predicted molar refractivity (Wildman–Crippen MR) is 103 cm³/mol. The molecule has 3 aromatic carbocycles. The van der Waals surface area contributed by atoms with Crippen molar-refractivity contribution in [2.75, 3.05) is 6.61 Å². The molecule has 5 heteroatoms. The molecule has 0 radical (unpaired) electrons. The fraction of sp³-hybridized carbons (Fsp3) is 0.217. The molecule has 0 spiro atoms. The van der Waals surface area contributed by atoms with Gasteiger partial charge in [0.05, 0.1) is 6.61 Å². The minimum absolute atomic E-state index is 0.0944. The first-order valence-corrected chi connectivity index (χ1v) is 9.02. The molecule has 3 rings (SSSR count). The number of rotatable bonds is 7. The summed E-state index contributed by atoms with van der Waals surface area (Å²) in [6.45, 7) is 4.24. The Kier molecular flexibility index (Phi) is 6.37. The van der Waals surface area contributed by atoms with E-state index in [0.29, 0.717) is 30.1 Å². The zero-order chi connectivity index (χ0) is 20.1. The van der Waals surface area contributed by atoms with Crippen LogP contribution in [0.5, 0.6) is 5.75 Å². The van der Waals surface area contributed by atoms with Crippen molar-refractivity contribution in [3.8, 4) is 16.9 Å². The van der Waals surface area contributed by atoms with E-state index in [9.17, 15) is 13.2 Å². The average molecular weight is 386 g/mol. The first kappa shape index (κ1) is 20.0. The summed E-state index contributed by atoms with van der Waals surface area (Å²) in [4.78, 5) is 0. The molecular formula is C23H21F3O2. The molecule has 0 amide bonds. The zero-order valence-electron chi connectivity index (χ0n) is 15.8. The van der Waals surface area contributed by atoms with Crippen molar-refractivity contribution in [2.24, 2.45) is 0 Å². The Bertz CT molecular complexity index is 953. The van der Waals surface area contributed by atoms with Crippen LogP contribution in [0.15, 0.2) is 54.6 Å². The first-order valence-electron chi connectivity index (χ1n) is 9.02. The average Bonchev–Trinajstić information content (AvgIpc) is 2.70. The highest BCUT2D eigenvalue weighted by Gasteiger charge is 2.12. The Labute approximate surface area is 162 Å². The quantitative estimate of drug-likeness (QED) is 0.482. The molecule has 0 aliphatic rings. The van der Waals surface area contributed by atoms with Crippen LogP contribution in [0.4, 0.5) is 13.2 Å². The largest absolute Gasteiger partial charge is 0.489 e. The summed E-state index contributed by atoms with van der Waals surface area (Å²) in [6.07, 6.45) is 0. The lowest BCUT2D eigenvalue weighted by molar-refractivity contribution is 0.134. The molecule has 146 valence electrons. The molecule has 3 aromatic rings. The van der Waals surface area contributed by atoms with Gasteiger partial charge in [0, 0.05) is 17.7 Å². The molecule has 0 aliphatic carbocycles. The van der Waals surface area contributed by atoms with E-state index in [2.05, 4.69) is 0 Å². The van der Waals surface area contributed by atoms with Crippen LogP contribution < -0.4 is 4.74 Å². The van der Waals surface area contributed by atoms with Gasteiger partial charge in [-0.25, -0.2) is 13.2 Å². The Morgan fingerprint density at radius 2 is 1.57 bits per heavy atom. The highest BCUT2D eigenvalue weighted by Crippen LogP contribution is 2.27. The molecule has 0 fully saturated rings. The molecule has 28 heavy (non-hydrogen) atoms. The molecule has 0 saturated heterocycles. The van der Waals surface area contributed by atoms with Crippen molar-refractivity contribution < 1.29 is 22.6 Å². The van der Waals surface area contributed by atoms with Crippen LogP contribution in [-0.4, -0.2) is 6.61 Å². The summed E-state index contributed by atoms with van der Waals surface area (Å²) in [5.74, 6) is -1.61. The smallest absolute Gasteiger partial charge is 0.165 e. The van der Waals surface area contributed by atoms with Gasteiger partial charge in [0.2, 0.25) is 0 Å². The van der Waals surface area contributed by atoms with Gasteiger partial charge in [0.1, 0.15) is 18.2 Å². The molecule has 0 aliphatic heterocycles. The second-order valence-corrected chi connectivity index (χ2v) is 6.43. The van der Waals surface area contributed by atoms with Crippen molar-refractivity contribution in [3.05, 3.63) is 88.7 Å². The van der Waals surface area contributed by atoms with Gasteiger partial charge >= 0.3 is 0 Å². The predicted octanol–water partition coefficient (Wildman–Crippen LogP) is 6.19. The third-order valence-electron chi connectivity index (χ3n) is 4.42. The van der Waals surface area contributed by atoms with Crippen molar-refractivity contribution >= 4 is 0 Å². The van der Waals surface area contributed by atoms with Crippen LogP contribution in [-0.2, 0) is 18.0 Å². The number of halogens is 3. The van der Waals surface area contributed by atoms with Gasteiger partial charge in [-0.15, -0.1) is 0 Å². The summed E-state index contributed by atoms with van der Waals surface area (Å²) in [5, 5.41) is 0. The van der Waals surface area contributed by atoms with E-state index in [1.165, 1.54) is 25.1 Å². The topological polar surface area (TPSA) is 18.5 Å². The maximum atomic E-state index is 14.4. The second-order valence-electron chi connectivity index (χ2n) is 6.43. The van der Waals surface area contributed by atoms with E-state index in [1.807, 2.05) is 13.0 Å². The minimum Gasteiger partial charge on any atom is -0.489 e. The molecule has 0 N–H and O–H groups in total. The summed E-state index contributed by atoms with van der Waals surface area (Å²) in [6, 6.07) is 14.8. The normalized spacial score (nSPS) is 10.9. The van der Waals surface area contributed by atoms with E-state index in [1.54, 1.807) is 30.3 Å².